The van der Waals surface area contributed by atoms with Crippen molar-refractivity contribution in [1.29, 1.82) is 0 Å². The van der Waals surface area contributed by atoms with Crippen LogP contribution < -0.4 is 10.5 Å². The van der Waals surface area contributed by atoms with Crippen molar-refractivity contribution in [2.24, 2.45) is 10.9 Å². The van der Waals surface area contributed by atoms with Gasteiger partial charge in [-0.25, -0.2) is 0 Å². The molecule has 4 heteroatoms. The molecule has 0 saturated carbocycles. The minimum Gasteiger partial charge on any atom is -0.494 e. The highest BCUT2D eigenvalue weighted by molar-refractivity contribution is 5.79. The highest BCUT2D eigenvalue weighted by atomic mass is 16.5. The zero-order chi connectivity index (χ0) is 15.0. The molecule has 3 N–H and O–H groups in total. The Hall–Kier alpha value is -1.71. The molecule has 4 nitrogen and oxygen atoms in total. The minimum absolute atomic E-state index is 0.208. The third kappa shape index (κ3) is 5.11. The molecule has 0 aliphatic rings. The summed E-state index contributed by atoms with van der Waals surface area (Å²) in [7, 11) is 0. The van der Waals surface area contributed by atoms with Gasteiger partial charge in [-0.3, -0.25) is 0 Å². The summed E-state index contributed by atoms with van der Waals surface area (Å²) < 4.78 is 5.68. The van der Waals surface area contributed by atoms with Crippen LogP contribution in [0.3, 0.4) is 0 Å². The van der Waals surface area contributed by atoms with Gasteiger partial charge in [0.25, 0.3) is 0 Å². The third-order valence-corrected chi connectivity index (χ3v) is 3.74. The molecule has 0 saturated heterocycles. The Labute approximate surface area is 121 Å². The fourth-order valence-corrected chi connectivity index (χ4v) is 1.85. The fourth-order valence-electron chi connectivity index (χ4n) is 1.85. The Kier molecular flexibility index (Phi) is 6.36. The van der Waals surface area contributed by atoms with E-state index in [0.717, 1.165) is 25.0 Å². The largest absolute Gasteiger partial charge is 0.494 e. The van der Waals surface area contributed by atoms with Crippen LogP contribution >= 0.6 is 0 Å². The summed E-state index contributed by atoms with van der Waals surface area (Å²) in [6, 6.07) is 8.32. The van der Waals surface area contributed by atoms with Gasteiger partial charge < -0.3 is 15.7 Å². The molecule has 20 heavy (non-hydrogen) atoms. The van der Waals surface area contributed by atoms with E-state index in [0.29, 0.717) is 13.0 Å². The molecule has 0 unspecified atom stereocenters. The molecule has 0 atom stereocenters. The summed E-state index contributed by atoms with van der Waals surface area (Å²) in [5.74, 6) is 1.17. The molecule has 0 aliphatic carbocycles. The highest BCUT2D eigenvalue weighted by Gasteiger charge is 2.17. The van der Waals surface area contributed by atoms with Gasteiger partial charge in [0.05, 0.1) is 6.61 Å². The first-order valence-electron chi connectivity index (χ1n) is 7.19. The van der Waals surface area contributed by atoms with Gasteiger partial charge in [0.1, 0.15) is 11.6 Å². The van der Waals surface area contributed by atoms with Gasteiger partial charge in [0.2, 0.25) is 0 Å². The van der Waals surface area contributed by atoms with E-state index in [1.807, 2.05) is 12.1 Å². The lowest BCUT2D eigenvalue weighted by atomic mass is 9.82. The number of oxime groups is 1. The molecule has 1 rings (SSSR count). The van der Waals surface area contributed by atoms with E-state index in [1.54, 1.807) is 0 Å². The topological polar surface area (TPSA) is 67.8 Å². The standard InChI is InChI=1S/C16H26N2O2/c1-4-16(2,3)13-8-10-14(11-9-13)20-12-6-5-7-15(17)18-19/h8-11,19H,4-7,12H2,1-3H3,(H2,17,18). The van der Waals surface area contributed by atoms with Crippen molar-refractivity contribution < 1.29 is 9.94 Å². The molecule has 1 aromatic carbocycles. The second kappa shape index (κ2) is 7.78. The lowest BCUT2D eigenvalue weighted by Crippen LogP contribution is -2.15. The van der Waals surface area contributed by atoms with Crippen LogP contribution in [0.4, 0.5) is 0 Å². The Bertz CT molecular complexity index is 425. The first kappa shape index (κ1) is 16.3. The van der Waals surface area contributed by atoms with Gasteiger partial charge >= 0.3 is 0 Å². The summed E-state index contributed by atoms with van der Waals surface area (Å²) in [4.78, 5) is 0. The van der Waals surface area contributed by atoms with Gasteiger partial charge in [-0.1, -0.05) is 38.1 Å². The third-order valence-electron chi connectivity index (χ3n) is 3.74. The van der Waals surface area contributed by atoms with Crippen molar-refractivity contribution in [3.05, 3.63) is 29.8 Å². The fraction of sp³-hybridized carbons (Fsp3) is 0.562. The van der Waals surface area contributed by atoms with Crippen molar-refractivity contribution in [2.45, 2.75) is 51.9 Å². The normalized spacial score (nSPS) is 12.4. The molecular weight excluding hydrogens is 252 g/mol. The summed E-state index contributed by atoms with van der Waals surface area (Å²) in [5.41, 5.74) is 6.94. The van der Waals surface area contributed by atoms with Crippen LogP contribution in [0.5, 0.6) is 5.75 Å². The summed E-state index contributed by atoms with van der Waals surface area (Å²) >= 11 is 0. The minimum atomic E-state index is 0.208. The summed E-state index contributed by atoms with van der Waals surface area (Å²) in [6.45, 7) is 7.34. The number of ether oxygens (including phenoxy) is 1. The number of rotatable bonds is 8. The van der Waals surface area contributed by atoms with Crippen molar-refractivity contribution in [2.75, 3.05) is 6.61 Å². The van der Waals surface area contributed by atoms with E-state index in [2.05, 4.69) is 38.1 Å². The van der Waals surface area contributed by atoms with Crippen LogP contribution in [0, 0.1) is 0 Å². The van der Waals surface area contributed by atoms with E-state index in [9.17, 15) is 0 Å². The maximum Gasteiger partial charge on any atom is 0.139 e. The van der Waals surface area contributed by atoms with Gasteiger partial charge in [-0.2, -0.15) is 0 Å². The SMILES string of the molecule is CCC(C)(C)c1ccc(OCCCCC(N)=NO)cc1. The second-order valence-electron chi connectivity index (χ2n) is 5.66. The van der Waals surface area contributed by atoms with E-state index < -0.39 is 0 Å². The average Bonchev–Trinajstić information content (AvgIpc) is 2.47. The smallest absolute Gasteiger partial charge is 0.139 e. The molecular formula is C16H26N2O2. The van der Waals surface area contributed by atoms with Gasteiger partial charge in [0, 0.05) is 6.42 Å². The molecule has 0 aliphatic heterocycles. The number of hydrogen-bond acceptors (Lipinski definition) is 3. The number of nitrogens with two attached hydrogens (primary N) is 1. The molecule has 1 aromatic rings. The molecule has 0 heterocycles. The molecule has 0 spiro atoms. The second-order valence-corrected chi connectivity index (χ2v) is 5.66. The lowest BCUT2D eigenvalue weighted by molar-refractivity contribution is 0.304. The lowest BCUT2D eigenvalue weighted by Gasteiger charge is -2.23. The van der Waals surface area contributed by atoms with Crippen LogP contribution in [-0.4, -0.2) is 17.6 Å². The van der Waals surface area contributed by atoms with Crippen LogP contribution in [0.25, 0.3) is 0 Å². The van der Waals surface area contributed by atoms with Crippen molar-refractivity contribution in [3.8, 4) is 5.75 Å². The average molecular weight is 278 g/mol. The zero-order valence-corrected chi connectivity index (χ0v) is 12.7. The molecule has 0 bridgehead atoms. The Morgan fingerprint density at radius 2 is 1.90 bits per heavy atom. The van der Waals surface area contributed by atoms with Crippen molar-refractivity contribution >= 4 is 5.84 Å². The molecule has 0 aromatic heterocycles. The van der Waals surface area contributed by atoms with Crippen molar-refractivity contribution in [1.82, 2.24) is 0 Å². The Morgan fingerprint density at radius 1 is 1.25 bits per heavy atom. The molecule has 112 valence electrons. The monoisotopic (exact) mass is 278 g/mol. The number of nitrogens with zero attached hydrogens (tertiary/aromatic N) is 1. The van der Waals surface area contributed by atoms with Gasteiger partial charge in [-0.15, -0.1) is 0 Å². The number of amidine groups is 1. The van der Waals surface area contributed by atoms with Crippen LogP contribution in [0.1, 0.15) is 52.0 Å². The van der Waals surface area contributed by atoms with Gasteiger partial charge in [-0.05, 0) is 42.4 Å². The number of unbranched alkanes of at least 4 members (excludes halogenated alkanes) is 1. The van der Waals surface area contributed by atoms with E-state index in [4.69, 9.17) is 15.7 Å². The van der Waals surface area contributed by atoms with E-state index >= 15 is 0 Å². The predicted molar refractivity (Wildman–Crippen MR) is 82.5 cm³/mol. The van der Waals surface area contributed by atoms with Crippen LogP contribution in [0.15, 0.2) is 29.4 Å². The maximum atomic E-state index is 8.41. The molecule has 0 amide bonds. The Morgan fingerprint density at radius 3 is 2.45 bits per heavy atom. The highest BCUT2D eigenvalue weighted by Crippen LogP contribution is 2.28. The Balaban J connectivity index is 2.35. The molecule has 0 fully saturated rings. The first-order valence-corrected chi connectivity index (χ1v) is 7.19. The number of hydrogen-bond donors (Lipinski definition) is 2. The van der Waals surface area contributed by atoms with Crippen molar-refractivity contribution in [3.63, 3.8) is 0 Å². The summed E-state index contributed by atoms with van der Waals surface area (Å²) in [6.07, 6.45) is 3.46. The summed E-state index contributed by atoms with van der Waals surface area (Å²) in [5, 5.41) is 11.4. The maximum absolute atomic E-state index is 8.41. The van der Waals surface area contributed by atoms with Crippen LogP contribution in [0.2, 0.25) is 0 Å². The number of benzene rings is 1. The van der Waals surface area contributed by atoms with Crippen LogP contribution in [-0.2, 0) is 5.41 Å². The predicted octanol–water partition coefficient (Wildman–Crippen LogP) is 3.67. The first-order chi connectivity index (χ1) is 9.49. The zero-order valence-electron chi connectivity index (χ0n) is 12.7. The quantitative estimate of drug-likeness (QED) is 0.251. The van der Waals surface area contributed by atoms with E-state index in [1.165, 1.54) is 5.56 Å². The molecule has 0 radical (unpaired) electrons. The van der Waals surface area contributed by atoms with E-state index in [-0.39, 0.29) is 11.3 Å². The van der Waals surface area contributed by atoms with Gasteiger partial charge in [0.15, 0.2) is 0 Å².